The topological polar surface area (TPSA) is 19.7 Å². The van der Waals surface area contributed by atoms with Crippen molar-refractivity contribution in [1.29, 1.82) is 0 Å². The van der Waals surface area contributed by atoms with E-state index in [-0.39, 0.29) is 0 Å². The second kappa shape index (κ2) is 31.2. The van der Waals surface area contributed by atoms with E-state index in [0.717, 1.165) is 0 Å². The van der Waals surface area contributed by atoms with Gasteiger partial charge in [0, 0.05) is 0 Å². The lowest BCUT2D eigenvalue weighted by molar-refractivity contribution is -0.727. The highest BCUT2D eigenvalue weighted by Gasteiger charge is 2.24. The monoisotopic (exact) mass is 602 g/mol. The van der Waals surface area contributed by atoms with Crippen molar-refractivity contribution in [1.82, 2.24) is 4.98 Å². The molecule has 2 nitrogen and oxygen atoms in total. The fraction of sp³-hybridized carbons (Fsp3) is 0.927. The van der Waals surface area contributed by atoms with Gasteiger partial charge in [0.25, 0.3) is 5.82 Å². The Morgan fingerprint density at radius 3 is 1.16 bits per heavy atom. The second-order valence-corrected chi connectivity index (χ2v) is 14.4. The smallest absolute Gasteiger partial charge is 0.247 e. The lowest BCUT2D eigenvalue weighted by Crippen LogP contribution is -2.41. The van der Waals surface area contributed by atoms with Crippen LogP contribution in [0.4, 0.5) is 0 Å². The second-order valence-electron chi connectivity index (χ2n) is 14.4. The van der Waals surface area contributed by atoms with Gasteiger partial charge in [0.05, 0.1) is 12.0 Å². The predicted molar refractivity (Wildman–Crippen MR) is 193 cm³/mol. The van der Waals surface area contributed by atoms with Gasteiger partial charge in [0.15, 0.2) is 0 Å². The van der Waals surface area contributed by atoms with E-state index in [0.29, 0.717) is 12.0 Å². The zero-order chi connectivity index (χ0) is 31.1. The Morgan fingerprint density at radius 2 is 0.791 bits per heavy atom. The van der Waals surface area contributed by atoms with Crippen LogP contribution in [0.15, 0.2) is 12.4 Å². The van der Waals surface area contributed by atoms with Gasteiger partial charge in [-0.1, -0.05) is 201 Å². The van der Waals surface area contributed by atoms with Crippen molar-refractivity contribution in [2.45, 2.75) is 245 Å². The van der Waals surface area contributed by atoms with Crippen LogP contribution in [-0.2, 0) is 0 Å². The van der Waals surface area contributed by atoms with E-state index in [2.05, 4.69) is 49.6 Å². The lowest BCUT2D eigenvalue weighted by Gasteiger charge is -2.16. The maximum Gasteiger partial charge on any atom is 0.257 e. The van der Waals surface area contributed by atoms with Gasteiger partial charge >= 0.3 is 0 Å². The van der Waals surface area contributed by atoms with Crippen molar-refractivity contribution in [3.05, 3.63) is 18.2 Å². The van der Waals surface area contributed by atoms with Crippen molar-refractivity contribution in [3.8, 4) is 0 Å². The Bertz CT molecular complexity index is 664. The highest BCUT2D eigenvalue weighted by atomic mass is 15.1. The van der Waals surface area contributed by atoms with Gasteiger partial charge in [0.1, 0.15) is 12.4 Å². The molecule has 2 atom stereocenters. The summed E-state index contributed by atoms with van der Waals surface area (Å²) < 4.78 is 2.60. The molecule has 0 spiro atoms. The van der Waals surface area contributed by atoms with Crippen LogP contribution < -0.4 is 4.57 Å². The summed E-state index contributed by atoms with van der Waals surface area (Å²) in [7, 11) is 0. The molecule has 2 unspecified atom stereocenters. The Morgan fingerprint density at radius 1 is 0.442 bits per heavy atom. The molecule has 1 N–H and O–H groups in total. The van der Waals surface area contributed by atoms with E-state index in [9.17, 15) is 0 Å². The van der Waals surface area contributed by atoms with Crippen LogP contribution in [-0.4, -0.2) is 4.98 Å². The van der Waals surface area contributed by atoms with Crippen LogP contribution in [0.2, 0.25) is 0 Å². The van der Waals surface area contributed by atoms with Gasteiger partial charge in [0.2, 0.25) is 0 Å². The number of aromatic nitrogens is 2. The lowest BCUT2D eigenvalue weighted by atomic mass is 9.94. The standard InChI is InChI=1S/C41H80N2/c1-5-8-10-12-14-16-18-20-21-23-25-27-29-31-33-36-40(34-7-3)41-42-37-38-43(41)39(4)35-32-30-28-26-24-22-19-17-15-13-11-9-6-2/h37-40H,5-36H2,1-4H3/p+1. The first-order chi connectivity index (χ1) is 21.2. The Kier molecular flexibility index (Phi) is 29.2. The van der Waals surface area contributed by atoms with Crippen LogP contribution in [0.1, 0.15) is 251 Å². The first kappa shape index (κ1) is 40.2. The van der Waals surface area contributed by atoms with E-state index in [1.165, 1.54) is 211 Å². The van der Waals surface area contributed by atoms with Gasteiger partial charge in [-0.15, -0.1) is 0 Å². The predicted octanol–water partition coefficient (Wildman–Crippen LogP) is 14.5. The summed E-state index contributed by atoms with van der Waals surface area (Å²) >= 11 is 0. The van der Waals surface area contributed by atoms with Crippen molar-refractivity contribution in [2.75, 3.05) is 0 Å². The molecule has 0 aromatic carbocycles. The van der Waals surface area contributed by atoms with E-state index in [4.69, 9.17) is 0 Å². The van der Waals surface area contributed by atoms with Gasteiger partial charge in [-0.25, -0.2) is 9.55 Å². The molecule has 1 heterocycles. The quantitative estimate of drug-likeness (QED) is 0.0599. The Labute approximate surface area is 272 Å². The molecule has 0 aliphatic rings. The summed E-state index contributed by atoms with van der Waals surface area (Å²) in [4.78, 5) is 3.69. The molecule has 0 fully saturated rings. The Balaban J connectivity index is 2.10. The number of hydrogen-bond acceptors (Lipinski definition) is 0. The van der Waals surface area contributed by atoms with Crippen molar-refractivity contribution in [3.63, 3.8) is 0 Å². The number of rotatable bonds is 34. The van der Waals surface area contributed by atoms with Crippen molar-refractivity contribution in [2.24, 2.45) is 0 Å². The van der Waals surface area contributed by atoms with Gasteiger partial charge in [-0.2, -0.15) is 0 Å². The normalized spacial score (nSPS) is 13.1. The summed E-state index contributed by atoms with van der Waals surface area (Å²) in [5.74, 6) is 2.21. The molecule has 0 bridgehead atoms. The third kappa shape index (κ3) is 23.2. The van der Waals surface area contributed by atoms with E-state index in [1.807, 2.05) is 0 Å². The third-order valence-electron chi connectivity index (χ3n) is 10.1. The number of nitrogens with one attached hydrogen (secondary N) is 1. The zero-order valence-corrected chi connectivity index (χ0v) is 30.4. The van der Waals surface area contributed by atoms with Crippen LogP contribution in [0.5, 0.6) is 0 Å². The third-order valence-corrected chi connectivity index (χ3v) is 10.1. The minimum Gasteiger partial charge on any atom is -0.247 e. The number of hydrogen-bond donors (Lipinski definition) is 1. The highest BCUT2D eigenvalue weighted by molar-refractivity contribution is 4.90. The van der Waals surface area contributed by atoms with E-state index >= 15 is 0 Å². The summed E-state index contributed by atoms with van der Waals surface area (Å²) in [5.41, 5.74) is 0. The number of unbranched alkanes of at least 4 members (excludes halogenated alkanes) is 26. The first-order valence-corrected chi connectivity index (χ1v) is 20.3. The number of nitrogens with zero attached hydrogens (tertiary/aromatic N) is 1. The fourth-order valence-corrected chi connectivity index (χ4v) is 7.20. The molecular formula is C41H81N2+. The molecular weight excluding hydrogens is 520 g/mol. The van der Waals surface area contributed by atoms with Crippen LogP contribution in [0.3, 0.4) is 0 Å². The first-order valence-electron chi connectivity index (χ1n) is 20.3. The SMILES string of the molecule is CCCCCCCCCCCCCCCCCC(CCC)c1[nH]cc[n+]1C(C)CCCCCCCCCCCCCCC. The maximum atomic E-state index is 3.69. The highest BCUT2D eigenvalue weighted by Crippen LogP contribution is 2.26. The molecule has 1 aromatic heterocycles. The van der Waals surface area contributed by atoms with Crippen LogP contribution in [0.25, 0.3) is 0 Å². The van der Waals surface area contributed by atoms with Crippen molar-refractivity contribution < 1.29 is 4.57 Å². The summed E-state index contributed by atoms with van der Waals surface area (Å²) in [5, 5.41) is 0. The van der Waals surface area contributed by atoms with E-state index < -0.39 is 0 Å². The molecule has 0 saturated heterocycles. The minimum absolute atomic E-state index is 0.620. The molecule has 0 radical (unpaired) electrons. The van der Waals surface area contributed by atoms with Gasteiger partial charge < -0.3 is 0 Å². The van der Waals surface area contributed by atoms with Crippen molar-refractivity contribution >= 4 is 0 Å². The maximum absolute atomic E-state index is 3.69. The average molecular weight is 602 g/mol. The number of imidazole rings is 1. The zero-order valence-electron chi connectivity index (χ0n) is 30.4. The summed E-state index contributed by atoms with van der Waals surface area (Å²) in [6, 6.07) is 0.620. The molecule has 0 amide bonds. The largest absolute Gasteiger partial charge is 0.257 e. The molecule has 254 valence electrons. The molecule has 1 rings (SSSR count). The Hall–Kier alpha value is -0.790. The molecule has 0 saturated carbocycles. The summed E-state index contributed by atoms with van der Waals surface area (Å²) in [6.45, 7) is 9.43. The molecule has 1 aromatic rings. The number of aromatic amines is 1. The molecule has 0 aliphatic carbocycles. The average Bonchev–Trinajstić information content (AvgIpc) is 3.51. The minimum atomic E-state index is 0.620. The van der Waals surface area contributed by atoms with Gasteiger partial charge in [-0.05, 0) is 32.6 Å². The summed E-state index contributed by atoms with van der Waals surface area (Å²) in [6.07, 6.45) is 50.3. The number of H-pyrrole nitrogens is 1. The molecule has 43 heavy (non-hydrogen) atoms. The van der Waals surface area contributed by atoms with Crippen LogP contribution >= 0.6 is 0 Å². The molecule has 2 heteroatoms. The van der Waals surface area contributed by atoms with E-state index in [1.54, 1.807) is 0 Å². The molecule has 0 aliphatic heterocycles. The van der Waals surface area contributed by atoms with Crippen LogP contribution in [0, 0.1) is 0 Å². The van der Waals surface area contributed by atoms with Gasteiger partial charge in [-0.3, -0.25) is 0 Å². The fourth-order valence-electron chi connectivity index (χ4n) is 7.20.